The molecular formula is C18H27N7O. The topological polar surface area (TPSA) is 81.5 Å². The van der Waals surface area contributed by atoms with Gasteiger partial charge in [0.05, 0.1) is 11.8 Å². The summed E-state index contributed by atoms with van der Waals surface area (Å²) >= 11 is 0. The molecule has 0 bridgehead atoms. The summed E-state index contributed by atoms with van der Waals surface area (Å²) in [5, 5.41) is 10.1. The third-order valence-electron chi connectivity index (χ3n) is 4.61. The van der Waals surface area contributed by atoms with Gasteiger partial charge in [0, 0.05) is 63.8 Å². The Balaban J connectivity index is 1.68. The molecule has 0 amide bonds. The van der Waals surface area contributed by atoms with Gasteiger partial charge in [0.15, 0.2) is 0 Å². The van der Waals surface area contributed by atoms with Crippen molar-refractivity contribution in [2.75, 3.05) is 50.6 Å². The molecule has 0 aliphatic carbocycles. The summed E-state index contributed by atoms with van der Waals surface area (Å²) in [6.07, 6.45) is 8.03. The monoisotopic (exact) mass is 357 g/mol. The third-order valence-corrected chi connectivity index (χ3v) is 4.61. The molecule has 0 radical (unpaired) electrons. The van der Waals surface area contributed by atoms with Gasteiger partial charge in [-0.05, 0) is 20.5 Å². The van der Waals surface area contributed by atoms with Gasteiger partial charge >= 0.3 is 0 Å². The maximum Gasteiger partial charge on any atom is 0.134 e. The van der Waals surface area contributed by atoms with Crippen LogP contribution in [0.4, 0.5) is 11.6 Å². The van der Waals surface area contributed by atoms with Gasteiger partial charge in [-0.2, -0.15) is 0 Å². The molecule has 1 fully saturated rings. The predicted octanol–water partition coefficient (Wildman–Crippen LogP) is 0.447. The number of hydrogen-bond acceptors (Lipinski definition) is 8. The average molecular weight is 357 g/mol. The number of hydrogen-bond donors (Lipinski definition) is 1. The van der Waals surface area contributed by atoms with Crippen molar-refractivity contribution in [3.8, 4) is 0 Å². The first-order valence-electron chi connectivity index (χ1n) is 8.90. The van der Waals surface area contributed by atoms with Gasteiger partial charge < -0.3 is 19.8 Å². The maximum atomic E-state index is 10.1. The Kier molecular flexibility index (Phi) is 5.95. The molecule has 2 atom stereocenters. The molecule has 3 rings (SSSR count). The van der Waals surface area contributed by atoms with Gasteiger partial charge in [-0.15, -0.1) is 0 Å². The molecule has 8 heteroatoms. The standard InChI is InChI=1S/C18H27N7O/c1-23(2)11-15-8-16(26)12-25(15)18-9-17(21-13-22-18)24(3)7-4-14-10-19-5-6-20-14/h5-6,9-10,13,15-16,26H,4,7-8,11-12H2,1-3H3/t15-,16-/m1/s1. The number of β-amino-alcohol motifs (C(OH)–C–C–N with tert-alkyl or cyclic N) is 1. The van der Waals surface area contributed by atoms with Crippen LogP contribution in [0, 0.1) is 0 Å². The second kappa shape index (κ2) is 8.37. The largest absolute Gasteiger partial charge is 0.391 e. The fourth-order valence-corrected chi connectivity index (χ4v) is 3.33. The molecule has 1 aliphatic rings. The van der Waals surface area contributed by atoms with E-state index in [4.69, 9.17) is 0 Å². The average Bonchev–Trinajstić information content (AvgIpc) is 3.00. The predicted molar refractivity (Wildman–Crippen MR) is 101 cm³/mol. The molecule has 0 spiro atoms. The highest BCUT2D eigenvalue weighted by atomic mass is 16.3. The molecule has 1 aliphatic heterocycles. The molecule has 26 heavy (non-hydrogen) atoms. The summed E-state index contributed by atoms with van der Waals surface area (Å²) in [6, 6.07) is 2.25. The Hall–Kier alpha value is -2.32. The Morgan fingerprint density at radius 3 is 2.77 bits per heavy atom. The second-order valence-electron chi connectivity index (χ2n) is 7.06. The quantitative estimate of drug-likeness (QED) is 0.765. The van der Waals surface area contributed by atoms with Crippen LogP contribution in [-0.4, -0.2) is 82.9 Å². The van der Waals surface area contributed by atoms with E-state index in [1.54, 1.807) is 24.9 Å². The van der Waals surface area contributed by atoms with Crippen LogP contribution in [0.25, 0.3) is 0 Å². The highest BCUT2D eigenvalue weighted by molar-refractivity contribution is 5.51. The van der Waals surface area contributed by atoms with Crippen molar-refractivity contribution in [3.05, 3.63) is 36.7 Å². The van der Waals surface area contributed by atoms with E-state index in [0.29, 0.717) is 6.54 Å². The summed E-state index contributed by atoms with van der Waals surface area (Å²) in [7, 11) is 6.11. The van der Waals surface area contributed by atoms with E-state index in [1.165, 1.54) is 0 Å². The van der Waals surface area contributed by atoms with Gasteiger partial charge in [-0.25, -0.2) is 9.97 Å². The van der Waals surface area contributed by atoms with E-state index < -0.39 is 0 Å². The SMILES string of the molecule is CN(C)C[C@H]1C[C@@H](O)CN1c1cc(N(C)CCc2cnccn2)ncn1. The minimum Gasteiger partial charge on any atom is -0.391 e. The van der Waals surface area contributed by atoms with Gasteiger partial charge in [-0.3, -0.25) is 9.97 Å². The first-order chi connectivity index (χ1) is 12.5. The lowest BCUT2D eigenvalue weighted by atomic mass is 10.2. The number of aliphatic hydroxyl groups excluding tert-OH is 1. The molecule has 140 valence electrons. The Labute approximate surface area is 154 Å². The Morgan fingerprint density at radius 1 is 1.19 bits per heavy atom. The molecule has 8 nitrogen and oxygen atoms in total. The van der Waals surface area contributed by atoms with Crippen LogP contribution in [0.5, 0.6) is 0 Å². The molecule has 1 saturated heterocycles. The van der Waals surface area contributed by atoms with Crippen LogP contribution in [-0.2, 0) is 6.42 Å². The second-order valence-corrected chi connectivity index (χ2v) is 7.06. The summed E-state index contributed by atoms with van der Waals surface area (Å²) in [5.41, 5.74) is 0.961. The molecule has 0 aromatic carbocycles. The third kappa shape index (κ3) is 4.64. The van der Waals surface area contributed by atoms with Gasteiger partial charge in [0.2, 0.25) is 0 Å². The van der Waals surface area contributed by atoms with Crippen LogP contribution < -0.4 is 9.80 Å². The van der Waals surface area contributed by atoms with Crippen molar-refractivity contribution in [1.29, 1.82) is 0 Å². The van der Waals surface area contributed by atoms with Gasteiger partial charge in [-0.1, -0.05) is 0 Å². The minimum absolute atomic E-state index is 0.257. The van der Waals surface area contributed by atoms with Crippen molar-refractivity contribution >= 4 is 11.6 Å². The normalized spacial score (nSPS) is 20.0. The van der Waals surface area contributed by atoms with Crippen molar-refractivity contribution in [2.45, 2.75) is 25.0 Å². The molecule has 1 N–H and O–H groups in total. The smallest absolute Gasteiger partial charge is 0.134 e. The minimum atomic E-state index is -0.312. The summed E-state index contributed by atoms with van der Waals surface area (Å²) < 4.78 is 0. The first kappa shape index (κ1) is 18.5. The summed E-state index contributed by atoms with van der Waals surface area (Å²) in [5.74, 6) is 1.73. The fraction of sp³-hybridized carbons (Fsp3) is 0.556. The highest BCUT2D eigenvalue weighted by Crippen LogP contribution is 2.26. The van der Waals surface area contributed by atoms with E-state index in [9.17, 15) is 5.11 Å². The summed E-state index contributed by atoms with van der Waals surface area (Å²) in [6.45, 7) is 2.29. The molecular weight excluding hydrogens is 330 g/mol. The van der Waals surface area contributed by atoms with Crippen molar-refractivity contribution in [3.63, 3.8) is 0 Å². The zero-order valence-corrected chi connectivity index (χ0v) is 15.7. The zero-order valence-electron chi connectivity index (χ0n) is 15.7. The van der Waals surface area contributed by atoms with E-state index in [2.05, 4.69) is 48.7 Å². The number of nitrogens with zero attached hydrogens (tertiary/aromatic N) is 7. The molecule has 2 aromatic rings. The van der Waals surface area contributed by atoms with E-state index in [-0.39, 0.29) is 12.1 Å². The zero-order chi connectivity index (χ0) is 18.5. The first-order valence-corrected chi connectivity index (χ1v) is 8.90. The number of likely N-dealkylation sites (N-methyl/N-ethyl adjacent to an activating group) is 2. The van der Waals surface area contributed by atoms with Crippen LogP contribution in [0.1, 0.15) is 12.1 Å². The van der Waals surface area contributed by atoms with Gasteiger partial charge in [0.1, 0.15) is 18.0 Å². The molecule has 0 saturated carbocycles. The lowest BCUT2D eigenvalue weighted by Gasteiger charge is -2.28. The number of aromatic nitrogens is 4. The number of anilines is 2. The maximum absolute atomic E-state index is 10.1. The van der Waals surface area contributed by atoms with E-state index in [0.717, 1.165) is 43.3 Å². The van der Waals surface area contributed by atoms with Crippen LogP contribution in [0.15, 0.2) is 31.0 Å². The van der Waals surface area contributed by atoms with E-state index in [1.807, 2.05) is 13.1 Å². The van der Waals surface area contributed by atoms with E-state index >= 15 is 0 Å². The number of aliphatic hydroxyl groups is 1. The molecule has 2 aromatic heterocycles. The lowest BCUT2D eigenvalue weighted by Crippen LogP contribution is -2.38. The van der Waals surface area contributed by atoms with Crippen LogP contribution in [0.3, 0.4) is 0 Å². The molecule has 0 unspecified atom stereocenters. The van der Waals surface area contributed by atoms with Crippen molar-refractivity contribution in [2.24, 2.45) is 0 Å². The Morgan fingerprint density at radius 2 is 2.04 bits per heavy atom. The molecule has 3 heterocycles. The van der Waals surface area contributed by atoms with Crippen molar-refractivity contribution in [1.82, 2.24) is 24.8 Å². The number of rotatable bonds is 7. The van der Waals surface area contributed by atoms with Gasteiger partial charge in [0.25, 0.3) is 0 Å². The lowest BCUT2D eigenvalue weighted by molar-refractivity contribution is 0.191. The highest BCUT2D eigenvalue weighted by Gasteiger charge is 2.32. The van der Waals surface area contributed by atoms with Crippen LogP contribution >= 0.6 is 0 Å². The van der Waals surface area contributed by atoms with Crippen molar-refractivity contribution < 1.29 is 5.11 Å². The fourth-order valence-electron chi connectivity index (χ4n) is 3.33. The summed E-state index contributed by atoms with van der Waals surface area (Å²) in [4.78, 5) is 23.7. The Bertz CT molecular complexity index is 697. The van der Waals surface area contributed by atoms with Crippen LogP contribution in [0.2, 0.25) is 0 Å².